The minimum atomic E-state index is 0.295. The number of benzene rings is 1. The molecule has 0 aliphatic rings. The Morgan fingerprint density at radius 2 is 1.81 bits per heavy atom. The lowest BCUT2D eigenvalue weighted by Crippen LogP contribution is -2.05. The predicted octanol–water partition coefficient (Wildman–Crippen LogP) is 4.53. The van der Waals surface area contributed by atoms with Crippen molar-refractivity contribution >= 4 is 18.4 Å². The normalized spacial score (nSPS) is 11.3. The molecular formula is C19H28N4O3S. The Hall–Kier alpha value is -2.35. The molecule has 0 unspecified atom stereocenters. The first kappa shape index (κ1) is 21.0. The summed E-state index contributed by atoms with van der Waals surface area (Å²) in [5.74, 6) is 2.92. The highest BCUT2D eigenvalue weighted by Crippen LogP contribution is 2.38. The summed E-state index contributed by atoms with van der Waals surface area (Å²) in [4.78, 5) is 0. The topological polar surface area (TPSA) is 73.7 Å². The molecule has 0 radical (unpaired) electrons. The zero-order chi connectivity index (χ0) is 19.8. The maximum Gasteiger partial charge on any atom is 0.216 e. The lowest BCUT2D eigenvalue weighted by Gasteiger charge is -2.15. The van der Waals surface area contributed by atoms with Crippen molar-refractivity contribution in [2.24, 2.45) is 5.10 Å². The zero-order valence-corrected chi connectivity index (χ0v) is 17.4. The monoisotopic (exact) mass is 392 g/mol. The molecule has 0 saturated carbocycles. The number of H-pyrrole nitrogens is 1. The molecule has 0 atom stereocenters. The largest absolute Gasteiger partial charge is 0.493 e. The smallest absolute Gasteiger partial charge is 0.216 e. The van der Waals surface area contributed by atoms with Crippen molar-refractivity contribution in [2.45, 2.75) is 46.0 Å². The number of hydrogen-bond donors (Lipinski definition) is 1. The molecule has 27 heavy (non-hydrogen) atoms. The van der Waals surface area contributed by atoms with E-state index < -0.39 is 0 Å². The Labute approximate surface area is 165 Å². The van der Waals surface area contributed by atoms with E-state index in [1.54, 1.807) is 25.1 Å². The van der Waals surface area contributed by atoms with Crippen molar-refractivity contribution in [1.82, 2.24) is 14.9 Å². The quantitative estimate of drug-likeness (QED) is 0.475. The van der Waals surface area contributed by atoms with Crippen molar-refractivity contribution in [3.8, 4) is 17.2 Å². The van der Waals surface area contributed by atoms with Crippen LogP contribution < -0.4 is 14.2 Å². The van der Waals surface area contributed by atoms with Gasteiger partial charge in [-0.05, 0) is 43.6 Å². The first-order valence-corrected chi connectivity index (χ1v) is 9.60. The number of aromatic amines is 1. The SMILES string of the molecule is CCCOc1c(OC)cc(/C=N\n2c(C(CC)CC)n[nH]c2=S)cc1OC. The van der Waals surface area contributed by atoms with Gasteiger partial charge in [0.1, 0.15) is 0 Å². The van der Waals surface area contributed by atoms with E-state index in [-0.39, 0.29) is 0 Å². The highest BCUT2D eigenvalue weighted by atomic mass is 32.1. The molecule has 8 heteroatoms. The van der Waals surface area contributed by atoms with E-state index in [0.29, 0.717) is 34.5 Å². The van der Waals surface area contributed by atoms with Crippen molar-refractivity contribution in [2.75, 3.05) is 20.8 Å². The molecule has 1 N–H and O–H groups in total. The Bertz CT molecular complexity index is 800. The predicted molar refractivity (Wildman–Crippen MR) is 109 cm³/mol. The number of hydrogen-bond acceptors (Lipinski definition) is 6. The standard InChI is InChI=1S/C19H28N4O3S/c1-6-9-26-17-15(24-4)10-13(11-16(17)25-5)12-20-23-18(14(7-2)8-3)21-22-19(23)27/h10-12,14H,6-9H2,1-5H3,(H,22,27)/b20-12-. The van der Waals surface area contributed by atoms with Crippen LogP contribution in [0.3, 0.4) is 0 Å². The van der Waals surface area contributed by atoms with E-state index >= 15 is 0 Å². The van der Waals surface area contributed by atoms with Crippen LogP contribution in [0.4, 0.5) is 0 Å². The average molecular weight is 393 g/mol. The Morgan fingerprint density at radius 3 is 2.33 bits per heavy atom. The first-order chi connectivity index (χ1) is 13.1. The van der Waals surface area contributed by atoms with Crippen LogP contribution in [0.5, 0.6) is 17.2 Å². The number of aromatic nitrogens is 3. The van der Waals surface area contributed by atoms with Gasteiger partial charge in [0.2, 0.25) is 10.5 Å². The maximum absolute atomic E-state index is 5.77. The zero-order valence-electron chi connectivity index (χ0n) is 16.6. The lowest BCUT2D eigenvalue weighted by atomic mass is 10.0. The number of nitrogens with zero attached hydrogens (tertiary/aromatic N) is 3. The molecule has 0 bridgehead atoms. The van der Waals surface area contributed by atoms with Crippen LogP contribution in [-0.2, 0) is 0 Å². The molecule has 2 rings (SSSR count). The Kier molecular flexibility index (Phi) is 7.84. The van der Waals surface area contributed by atoms with E-state index in [1.807, 2.05) is 19.1 Å². The average Bonchev–Trinajstić information content (AvgIpc) is 3.05. The van der Waals surface area contributed by atoms with E-state index in [2.05, 4.69) is 29.1 Å². The molecule has 0 fully saturated rings. The number of rotatable bonds is 10. The minimum absolute atomic E-state index is 0.295. The van der Waals surface area contributed by atoms with Gasteiger partial charge >= 0.3 is 0 Å². The fourth-order valence-corrected chi connectivity index (χ4v) is 2.97. The Balaban J connectivity index is 2.40. The van der Waals surface area contributed by atoms with E-state index in [4.69, 9.17) is 26.4 Å². The second-order valence-electron chi connectivity index (χ2n) is 6.06. The van der Waals surface area contributed by atoms with Crippen LogP contribution in [0.2, 0.25) is 0 Å². The van der Waals surface area contributed by atoms with Gasteiger partial charge in [-0.2, -0.15) is 14.9 Å². The van der Waals surface area contributed by atoms with Gasteiger partial charge in [-0.1, -0.05) is 20.8 Å². The summed E-state index contributed by atoms with van der Waals surface area (Å²) in [5, 5.41) is 11.7. The van der Waals surface area contributed by atoms with Gasteiger partial charge in [0, 0.05) is 11.5 Å². The molecule has 2 aromatic rings. The van der Waals surface area contributed by atoms with E-state index in [1.165, 1.54) is 0 Å². The molecule has 148 valence electrons. The van der Waals surface area contributed by atoms with Crippen molar-refractivity contribution < 1.29 is 14.2 Å². The molecule has 0 spiro atoms. The highest BCUT2D eigenvalue weighted by Gasteiger charge is 2.16. The molecule has 0 aliphatic heterocycles. The second kappa shape index (κ2) is 10.1. The minimum Gasteiger partial charge on any atom is -0.493 e. The van der Waals surface area contributed by atoms with Crippen LogP contribution >= 0.6 is 12.2 Å². The maximum atomic E-state index is 5.77. The molecule has 0 aliphatic carbocycles. The summed E-state index contributed by atoms with van der Waals surface area (Å²) in [5.41, 5.74) is 0.811. The third-order valence-corrected chi connectivity index (χ3v) is 4.55. The van der Waals surface area contributed by atoms with E-state index in [0.717, 1.165) is 30.7 Å². The first-order valence-electron chi connectivity index (χ1n) is 9.19. The third-order valence-electron chi connectivity index (χ3n) is 4.28. The number of nitrogens with one attached hydrogen (secondary N) is 1. The van der Waals surface area contributed by atoms with Gasteiger partial charge in [-0.15, -0.1) is 0 Å². The van der Waals surface area contributed by atoms with Gasteiger partial charge in [0.05, 0.1) is 27.0 Å². The molecule has 1 heterocycles. The fourth-order valence-electron chi connectivity index (χ4n) is 2.78. The molecule has 0 saturated heterocycles. The third kappa shape index (κ3) is 4.88. The van der Waals surface area contributed by atoms with E-state index in [9.17, 15) is 0 Å². The van der Waals surface area contributed by atoms with Crippen molar-refractivity contribution in [1.29, 1.82) is 0 Å². The summed E-state index contributed by atoms with van der Waals surface area (Å²) in [6.45, 7) is 6.89. The summed E-state index contributed by atoms with van der Waals surface area (Å²) in [6.07, 6.45) is 4.55. The molecular weight excluding hydrogens is 364 g/mol. The van der Waals surface area contributed by atoms with Gasteiger partial charge in [-0.3, -0.25) is 5.10 Å². The van der Waals surface area contributed by atoms with Crippen molar-refractivity contribution in [3.63, 3.8) is 0 Å². The summed E-state index contributed by atoms with van der Waals surface area (Å²) >= 11 is 5.33. The van der Waals surface area contributed by atoms with Gasteiger partial charge in [0.15, 0.2) is 17.3 Å². The lowest BCUT2D eigenvalue weighted by molar-refractivity contribution is 0.275. The summed E-state index contributed by atoms with van der Waals surface area (Å²) < 4.78 is 18.9. The van der Waals surface area contributed by atoms with Crippen LogP contribution in [0.1, 0.15) is 57.3 Å². The van der Waals surface area contributed by atoms with Crippen LogP contribution in [-0.4, -0.2) is 41.9 Å². The van der Waals surface area contributed by atoms with Crippen LogP contribution in [0.25, 0.3) is 0 Å². The van der Waals surface area contributed by atoms with Gasteiger partial charge in [-0.25, -0.2) is 0 Å². The molecule has 1 aromatic heterocycles. The van der Waals surface area contributed by atoms with Crippen LogP contribution in [0, 0.1) is 4.77 Å². The summed E-state index contributed by atoms with van der Waals surface area (Å²) in [7, 11) is 3.21. The van der Waals surface area contributed by atoms with Gasteiger partial charge < -0.3 is 14.2 Å². The highest BCUT2D eigenvalue weighted by molar-refractivity contribution is 7.71. The van der Waals surface area contributed by atoms with Gasteiger partial charge in [0.25, 0.3) is 0 Å². The second-order valence-corrected chi connectivity index (χ2v) is 6.45. The molecule has 7 nitrogen and oxygen atoms in total. The molecule has 0 amide bonds. The van der Waals surface area contributed by atoms with Crippen LogP contribution in [0.15, 0.2) is 17.2 Å². The summed E-state index contributed by atoms with van der Waals surface area (Å²) in [6, 6.07) is 3.72. The van der Waals surface area contributed by atoms with Crippen molar-refractivity contribution in [3.05, 3.63) is 28.3 Å². The Morgan fingerprint density at radius 1 is 1.19 bits per heavy atom. The number of methoxy groups -OCH3 is 2. The number of ether oxygens (including phenoxy) is 3. The fraction of sp³-hybridized carbons (Fsp3) is 0.526. The molecule has 1 aromatic carbocycles.